The second-order valence-corrected chi connectivity index (χ2v) is 2.83. The molecule has 0 atom stereocenters. The molecule has 0 aromatic heterocycles. The van der Waals surface area contributed by atoms with Crippen molar-refractivity contribution in [3.05, 3.63) is 12.3 Å². The minimum Gasteiger partial charge on any atom is -0.305 e. The van der Waals surface area contributed by atoms with Crippen LogP contribution in [-0.2, 0) is 4.79 Å². The van der Waals surface area contributed by atoms with Crippen LogP contribution in [0.2, 0.25) is 0 Å². The summed E-state index contributed by atoms with van der Waals surface area (Å²) in [6.45, 7) is 6.82. The summed E-state index contributed by atoms with van der Waals surface area (Å²) in [4.78, 5) is 14.5. The summed E-state index contributed by atoms with van der Waals surface area (Å²) in [7, 11) is 0. The lowest BCUT2D eigenvalue weighted by molar-refractivity contribution is -0.117. The first-order valence-electron chi connectivity index (χ1n) is 3.12. The summed E-state index contributed by atoms with van der Waals surface area (Å²) < 4.78 is 0. The number of hydrogen-bond acceptors (Lipinski definition) is 3. The van der Waals surface area contributed by atoms with Crippen LogP contribution in [-0.4, -0.2) is 17.3 Å². The number of rotatable bonds is 1. The molecule has 1 amide bonds. The summed E-state index contributed by atoms with van der Waals surface area (Å²) in [6, 6.07) is 0. The number of carbonyl (C=O) groups excluding carboxylic acids is 1. The van der Waals surface area contributed by atoms with E-state index >= 15 is 0 Å². The molecular formula is C7H12N2OS. The van der Waals surface area contributed by atoms with Gasteiger partial charge in [-0.1, -0.05) is 18.3 Å². The van der Waals surface area contributed by atoms with Gasteiger partial charge in [0, 0.05) is 12.6 Å². The topological polar surface area (TPSA) is 41.5 Å². The van der Waals surface area contributed by atoms with Gasteiger partial charge in [-0.05, 0) is 13.2 Å². The molecule has 11 heavy (non-hydrogen) atoms. The molecule has 0 fully saturated rings. The Morgan fingerprint density at radius 1 is 1.55 bits per heavy atom. The second kappa shape index (κ2) is 4.96. The van der Waals surface area contributed by atoms with E-state index < -0.39 is 0 Å². The molecular weight excluding hydrogens is 160 g/mol. The summed E-state index contributed by atoms with van der Waals surface area (Å²) in [5, 5.41) is 3.16. The lowest BCUT2D eigenvalue weighted by Gasteiger charge is -2.01. The Labute approximate surface area is 71.0 Å². The van der Waals surface area contributed by atoms with Gasteiger partial charge in [0.15, 0.2) is 5.17 Å². The maximum atomic E-state index is 10.6. The molecule has 0 bridgehead atoms. The summed E-state index contributed by atoms with van der Waals surface area (Å²) in [5.74, 6) is -0.112. The third kappa shape index (κ3) is 5.66. The average molecular weight is 172 g/mol. The fourth-order valence-corrected chi connectivity index (χ4v) is 0.941. The Balaban J connectivity index is 4.16. The van der Waals surface area contributed by atoms with Crippen LogP contribution in [0.1, 0.15) is 13.8 Å². The van der Waals surface area contributed by atoms with Crippen molar-refractivity contribution in [3.8, 4) is 0 Å². The Hall–Kier alpha value is -0.770. The van der Waals surface area contributed by atoms with Gasteiger partial charge in [-0.2, -0.15) is 0 Å². The van der Waals surface area contributed by atoms with Crippen LogP contribution in [0.5, 0.6) is 0 Å². The van der Waals surface area contributed by atoms with Gasteiger partial charge in [0.05, 0.1) is 0 Å². The third-order valence-corrected chi connectivity index (χ3v) is 1.35. The number of nitrogens with zero attached hydrogens (tertiary/aromatic N) is 1. The van der Waals surface area contributed by atoms with Crippen molar-refractivity contribution in [2.75, 3.05) is 6.26 Å². The number of carbonyl (C=O) groups is 1. The quantitative estimate of drug-likeness (QED) is 0.479. The molecule has 0 radical (unpaired) electrons. The maximum Gasteiger partial charge on any atom is 0.222 e. The van der Waals surface area contributed by atoms with E-state index in [9.17, 15) is 4.79 Å². The number of allylic oxidation sites excluding steroid dienone is 1. The first-order chi connectivity index (χ1) is 5.06. The highest BCUT2D eigenvalue weighted by Crippen LogP contribution is 1.99. The molecule has 0 spiro atoms. The van der Waals surface area contributed by atoms with Crippen LogP contribution in [0.3, 0.4) is 0 Å². The molecule has 4 heteroatoms. The fraction of sp³-hybridized carbons (Fsp3) is 0.429. The normalized spacial score (nSPS) is 11.0. The number of amides is 1. The van der Waals surface area contributed by atoms with E-state index in [4.69, 9.17) is 0 Å². The Morgan fingerprint density at radius 3 is 2.36 bits per heavy atom. The number of hydrogen-bond donors (Lipinski definition) is 1. The third-order valence-electron chi connectivity index (χ3n) is 0.769. The summed E-state index contributed by atoms with van der Waals surface area (Å²) in [6.07, 6.45) is 1.84. The van der Waals surface area contributed by atoms with Gasteiger partial charge in [0.25, 0.3) is 0 Å². The lowest BCUT2D eigenvalue weighted by atomic mass is 10.6. The van der Waals surface area contributed by atoms with Gasteiger partial charge >= 0.3 is 0 Å². The molecule has 0 aliphatic rings. The molecule has 0 aliphatic carbocycles. The van der Waals surface area contributed by atoms with Crippen LogP contribution in [0.15, 0.2) is 17.3 Å². The molecule has 0 aliphatic heterocycles. The standard InChI is InChI=1S/C7H12N2OS/c1-5(2)8-7(11-4)9-6(3)10/h1H2,2-4H3,(H,8,9,10). The van der Waals surface area contributed by atoms with Crippen LogP contribution in [0, 0.1) is 0 Å². The first-order valence-corrected chi connectivity index (χ1v) is 4.34. The highest BCUT2D eigenvalue weighted by molar-refractivity contribution is 8.13. The predicted octanol–water partition coefficient (Wildman–Crippen LogP) is 1.38. The van der Waals surface area contributed by atoms with Crippen molar-refractivity contribution in [2.45, 2.75) is 13.8 Å². The lowest BCUT2D eigenvalue weighted by Crippen LogP contribution is -2.25. The SMILES string of the molecule is C=C(C)N=C(NC(C)=O)SC. The van der Waals surface area contributed by atoms with Crippen LogP contribution < -0.4 is 5.32 Å². The van der Waals surface area contributed by atoms with Crippen molar-refractivity contribution in [3.63, 3.8) is 0 Å². The fourth-order valence-electron chi connectivity index (χ4n) is 0.449. The summed E-state index contributed by atoms with van der Waals surface area (Å²) in [5.41, 5.74) is 0.683. The van der Waals surface area contributed by atoms with Crippen LogP contribution >= 0.6 is 11.8 Å². The highest BCUT2D eigenvalue weighted by atomic mass is 32.2. The van der Waals surface area contributed by atoms with Crippen molar-refractivity contribution in [1.82, 2.24) is 5.32 Å². The molecule has 0 aromatic rings. The molecule has 3 nitrogen and oxygen atoms in total. The second-order valence-electron chi connectivity index (χ2n) is 2.04. The summed E-state index contributed by atoms with van der Waals surface area (Å²) >= 11 is 1.38. The molecule has 62 valence electrons. The highest BCUT2D eigenvalue weighted by Gasteiger charge is 1.97. The molecule has 0 unspecified atom stereocenters. The molecule has 0 aromatic carbocycles. The molecule has 0 heterocycles. The van der Waals surface area contributed by atoms with Gasteiger partial charge in [-0.15, -0.1) is 0 Å². The molecule has 1 N–H and O–H groups in total. The van der Waals surface area contributed by atoms with Crippen molar-refractivity contribution in [2.24, 2.45) is 4.99 Å². The smallest absolute Gasteiger partial charge is 0.222 e. The minimum atomic E-state index is -0.112. The Morgan fingerprint density at radius 2 is 2.09 bits per heavy atom. The number of nitrogens with one attached hydrogen (secondary N) is 1. The first kappa shape index (κ1) is 10.2. The number of amidine groups is 1. The van der Waals surface area contributed by atoms with E-state index in [-0.39, 0.29) is 5.91 Å². The van der Waals surface area contributed by atoms with E-state index in [2.05, 4.69) is 16.9 Å². The van der Waals surface area contributed by atoms with Crippen molar-refractivity contribution in [1.29, 1.82) is 0 Å². The van der Waals surface area contributed by atoms with Gasteiger partial charge in [-0.3, -0.25) is 4.79 Å². The van der Waals surface area contributed by atoms with Gasteiger partial charge in [-0.25, -0.2) is 4.99 Å². The zero-order chi connectivity index (χ0) is 8.85. The van der Waals surface area contributed by atoms with Gasteiger partial charge < -0.3 is 5.32 Å². The zero-order valence-corrected chi connectivity index (χ0v) is 7.79. The number of thioether (sulfide) groups is 1. The number of aliphatic imine (C=N–C) groups is 1. The largest absolute Gasteiger partial charge is 0.305 e. The van der Waals surface area contributed by atoms with Crippen molar-refractivity contribution < 1.29 is 4.79 Å². The van der Waals surface area contributed by atoms with Crippen molar-refractivity contribution >= 4 is 22.8 Å². The Bertz CT molecular complexity index is 199. The van der Waals surface area contributed by atoms with Crippen LogP contribution in [0.4, 0.5) is 0 Å². The average Bonchev–Trinajstić information content (AvgIpc) is 1.84. The molecule has 0 saturated heterocycles. The van der Waals surface area contributed by atoms with Crippen LogP contribution in [0.25, 0.3) is 0 Å². The van der Waals surface area contributed by atoms with E-state index in [1.165, 1.54) is 18.7 Å². The van der Waals surface area contributed by atoms with E-state index in [0.717, 1.165) is 0 Å². The predicted molar refractivity (Wildman–Crippen MR) is 49.6 cm³/mol. The molecule has 0 saturated carbocycles. The van der Waals surface area contributed by atoms with E-state index in [0.29, 0.717) is 10.9 Å². The van der Waals surface area contributed by atoms with E-state index in [1.807, 2.05) is 6.26 Å². The Kier molecular flexibility index (Phi) is 4.61. The monoisotopic (exact) mass is 172 g/mol. The van der Waals surface area contributed by atoms with E-state index in [1.54, 1.807) is 6.92 Å². The maximum absolute atomic E-state index is 10.6. The minimum absolute atomic E-state index is 0.112. The zero-order valence-electron chi connectivity index (χ0n) is 6.97. The molecule has 0 rings (SSSR count). The van der Waals surface area contributed by atoms with Gasteiger partial charge in [0.2, 0.25) is 5.91 Å². The van der Waals surface area contributed by atoms with Gasteiger partial charge in [0.1, 0.15) is 0 Å².